The average molecular weight is 508 g/mol. The molecule has 1 aromatic heterocycles. The maximum atomic E-state index is 14.1. The molecule has 2 aromatic rings. The van der Waals surface area contributed by atoms with Crippen LogP contribution in [-0.4, -0.2) is 45.1 Å². The number of guanidine groups is 1. The topological polar surface area (TPSA) is 39.7 Å². The number of nitrogens with zero attached hydrogens (tertiary/aromatic N) is 2. The van der Waals surface area contributed by atoms with E-state index >= 15 is 0 Å². The summed E-state index contributed by atoms with van der Waals surface area (Å²) < 4.78 is 28.3. The predicted octanol–water partition coefficient (Wildman–Crippen LogP) is 4.22. The van der Waals surface area contributed by atoms with E-state index in [4.69, 9.17) is 0 Å². The summed E-state index contributed by atoms with van der Waals surface area (Å²) in [5.41, 5.74) is 0.0624. The van der Waals surface area contributed by atoms with E-state index in [1.165, 1.54) is 23.1 Å². The average Bonchev–Trinajstić information content (AvgIpc) is 3.14. The van der Waals surface area contributed by atoms with Crippen LogP contribution in [0, 0.1) is 11.6 Å². The van der Waals surface area contributed by atoms with E-state index in [0.717, 1.165) is 6.54 Å². The molecular weight excluding hydrogens is 481 g/mol. The van der Waals surface area contributed by atoms with E-state index in [9.17, 15) is 8.78 Å². The van der Waals surface area contributed by atoms with Crippen molar-refractivity contribution in [2.24, 2.45) is 4.99 Å². The van der Waals surface area contributed by atoms with Crippen molar-refractivity contribution in [3.05, 3.63) is 57.8 Å². The molecule has 0 fully saturated rings. The minimum absolute atomic E-state index is 0. The lowest BCUT2D eigenvalue weighted by molar-refractivity contribution is 0.282. The highest BCUT2D eigenvalue weighted by Crippen LogP contribution is 2.24. The van der Waals surface area contributed by atoms with Gasteiger partial charge in [0.05, 0.1) is 6.04 Å². The second-order valence-electron chi connectivity index (χ2n) is 6.37. The molecular formula is C19H27F2IN4S. The van der Waals surface area contributed by atoms with Crippen LogP contribution in [0.3, 0.4) is 0 Å². The standard InChI is InChI=1S/C19H26F2N4S.HI/c1-13(17-9-6-10-26-17)11-23-19(22-2)24-12-16(25(3)4)18-14(20)7-5-8-15(18)21;/h5-10,13,16H,11-12H2,1-4H3,(H2,22,23,24);1H. The Labute approximate surface area is 181 Å². The van der Waals surface area contributed by atoms with Crippen molar-refractivity contribution in [1.29, 1.82) is 0 Å². The number of halogens is 3. The number of nitrogens with one attached hydrogen (secondary N) is 2. The van der Waals surface area contributed by atoms with Crippen molar-refractivity contribution in [2.45, 2.75) is 18.9 Å². The van der Waals surface area contributed by atoms with Crippen LogP contribution in [-0.2, 0) is 0 Å². The fourth-order valence-corrected chi connectivity index (χ4v) is 3.49. The molecule has 2 unspecified atom stereocenters. The van der Waals surface area contributed by atoms with Crippen molar-refractivity contribution in [1.82, 2.24) is 15.5 Å². The zero-order valence-corrected chi connectivity index (χ0v) is 19.1. The Morgan fingerprint density at radius 2 is 1.74 bits per heavy atom. The third-order valence-electron chi connectivity index (χ3n) is 4.25. The molecule has 0 radical (unpaired) electrons. The molecule has 2 atom stereocenters. The van der Waals surface area contributed by atoms with Crippen LogP contribution in [0.5, 0.6) is 0 Å². The van der Waals surface area contributed by atoms with Gasteiger partial charge in [-0.25, -0.2) is 8.78 Å². The number of aliphatic imine (C=N–C) groups is 1. The molecule has 0 amide bonds. The van der Waals surface area contributed by atoms with Gasteiger partial charge in [0, 0.05) is 36.5 Å². The molecule has 0 aliphatic rings. The van der Waals surface area contributed by atoms with Crippen LogP contribution >= 0.6 is 35.3 Å². The van der Waals surface area contributed by atoms with E-state index in [2.05, 4.69) is 34.0 Å². The monoisotopic (exact) mass is 508 g/mol. The largest absolute Gasteiger partial charge is 0.356 e. The van der Waals surface area contributed by atoms with Gasteiger partial charge in [-0.05, 0) is 37.7 Å². The Morgan fingerprint density at radius 3 is 2.26 bits per heavy atom. The molecule has 27 heavy (non-hydrogen) atoms. The van der Waals surface area contributed by atoms with Crippen molar-refractivity contribution < 1.29 is 8.78 Å². The van der Waals surface area contributed by atoms with Gasteiger partial charge >= 0.3 is 0 Å². The van der Waals surface area contributed by atoms with E-state index in [1.54, 1.807) is 37.4 Å². The first kappa shape index (κ1) is 23.8. The Kier molecular flexibility index (Phi) is 10.2. The van der Waals surface area contributed by atoms with Crippen molar-refractivity contribution >= 4 is 41.3 Å². The van der Waals surface area contributed by atoms with E-state index in [0.29, 0.717) is 18.4 Å². The van der Waals surface area contributed by atoms with Gasteiger partial charge in [0.2, 0.25) is 0 Å². The Bertz CT molecular complexity index is 702. The lowest BCUT2D eigenvalue weighted by Gasteiger charge is -2.27. The zero-order chi connectivity index (χ0) is 19.1. The smallest absolute Gasteiger partial charge is 0.191 e. The van der Waals surface area contributed by atoms with Gasteiger partial charge in [0.25, 0.3) is 0 Å². The second kappa shape index (κ2) is 11.6. The zero-order valence-electron chi connectivity index (χ0n) is 16.0. The summed E-state index contributed by atoms with van der Waals surface area (Å²) in [6.45, 7) is 3.20. The Balaban J connectivity index is 0.00000364. The van der Waals surface area contributed by atoms with Crippen LogP contribution in [0.1, 0.15) is 29.3 Å². The predicted molar refractivity (Wildman–Crippen MR) is 120 cm³/mol. The third-order valence-corrected chi connectivity index (χ3v) is 5.35. The van der Waals surface area contributed by atoms with Crippen LogP contribution in [0.15, 0.2) is 40.7 Å². The molecule has 2 N–H and O–H groups in total. The lowest BCUT2D eigenvalue weighted by Crippen LogP contribution is -2.43. The van der Waals surface area contributed by atoms with Gasteiger partial charge in [-0.1, -0.05) is 19.1 Å². The first-order valence-corrected chi connectivity index (χ1v) is 9.40. The van der Waals surface area contributed by atoms with Gasteiger partial charge in [-0.15, -0.1) is 35.3 Å². The number of likely N-dealkylation sites (N-methyl/N-ethyl adjacent to an activating group) is 1. The molecule has 1 heterocycles. The highest BCUT2D eigenvalue weighted by atomic mass is 127. The fourth-order valence-electron chi connectivity index (χ4n) is 2.71. The number of thiophene rings is 1. The molecule has 0 spiro atoms. The lowest BCUT2D eigenvalue weighted by atomic mass is 10.0. The highest BCUT2D eigenvalue weighted by molar-refractivity contribution is 14.0. The normalized spacial score (nSPS) is 13.8. The summed E-state index contributed by atoms with van der Waals surface area (Å²) in [4.78, 5) is 7.29. The number of benzene rings is 1. The number of hydrogen-bond acceptors (Lipinski definition) is 3. The third kappa shape index (κ3) is 6.69. The van der Waals surface area contributed by atoms with Gasteiger partial charge in [-0.2, -0.15) is 0 Å². The molecule has 0 aliphatic carbocycles. The van der Waals surface area contributed by atoms with Crippen LogP contribution < -0.4 is 10.6 Å². The van der Waals surface area contributed by atoms with Gasteiger partial charge in [0.15, 0.2) is 5.96 Å². The van der Waals surface area contributed by atoms with Gasteiger partial charge in [0.1, 0.15) is 11.6 Å². The second-order valence-corrected chi connectivity index (χ2v) is 7.34. The van der Waals surface area contributed by atoms with E-state index in [1.807, 2.05) is 6.07 Å². The van der Waals surface area contributed by atoms with E-state index < -0.39 is 17.7 Å². The van der Waals surface area contributed by atoms with Crippen molar-refractivity contribution in [3.8, 4) is 0 Å². The summed E-state index contributed by atoms with van der Waals surface area (Å²) in [5, 5.41) is 8.50. The summed E-state index contributed by atoms with van der Waals surface area (Å²) in [6.07, 6.45) is 0. The Hall–Kier alpha value is -1.26. The summed E-state index contributed by atoms with van der Waals surface area (Å²) >= 11 is 1.72. The first-order valence-electron chi connectivity index (χ1n) is 8.52. The quantitative estimate of drug-likeness (QED) is 0.335. The minimum atomic E-state index is -0.542. The van der Waals surface area contributed by atoms with Crippen LogP contribution in [0.2, 0.25) is 0 Å². The summed E-state index contributed by atoms with van der Waals surface area (Å²) in [6, 6.07) is 7.63. The van der Waals surface area contributed by atoms with E-state index in [-0.39, 0.29) is 29.5 Å². The molecule has 0 saturated carbocycles. The molecule has 2 rings (SSSR count). The highest BCUT2D eigenvalue weighted by Gasteiger charge is 2.22. The van der Waals surface area contributed by atoms with Crippen molar-refractivity contribution in [3.63, 3.8) is 0 Å². The summed E-state index contributed by atoms with van der Waals surface area (Å²) in [5.74, 6) is -0.126. The number of hydrogen-bond donors (Lipinski definition) is 2. The van der Waals surface area contributed by atoms with Crippen LogP contribution in [0.25, 0.3) is 0 Å². The first-order chi connectivity index (χ1) is 12.4. The molecule has 0 aliphatic heterocycles. The molecule has 0 saturated heterocycles. The molecule has 1 aromatic carbocycles. The van der Waals surface area contributed by atoms with Gasteiger partial charge in [-0.3, -0.25) is 4.99 Å². The maximum Gasteiger partial charge on any atom is 0.191 e. The van der Waals surface area contributed by atoms with Crippen LogP contribution in [0.4, 0.5) is 8.78 Å². The Morgan fingerprint density at radius 1 is 1.11 bits per heavy atom. The summed E-state index contributed by atoms with van der Waals surface area (Å²) in [7, 11) is 5.28. The maximum absolute atomic E-state index is 14.1. The molecule has 4 nitrogen and oxygen atoms in total. The SMILES string of the molecule is CN=C(NCC(C)c1cccs1)NCC(c1c(F)cccc1F)N(C)C.I. The van der Waals surface area contributed by atoms with Gasteiger partial charge < -0.3 is 15.5 Å². The molecule has 150 valence electrons. The molecule has 0 bridgehead atoms. The minimum Gasteiger partial charge on any atom is -0.356 e. The number of rotatable bonds is 7. The molecule has 8 heteroatoms. The van der Waals surface area contributed by atoms with Crippen molar-refractivity contribution in [2.75, 3.05) is 34.2 Å². The fraction of sp³-hybridized carbons (Fsp3) is 0.421.